The van der Waals surface area contributed by atoms with Crippen LogP contribution in [-0.4, -0.2) is 30.3 Å². The molecular formula is C14H12FNO4S2. The Balaban J connectivity index is 1.97. The summed E-state index contributed by atoms with van der Waals surface area (Å²) >= 11 is 1.59. The van der Waals surface area contributed by atoms with Gasteiger partial charge in [-0.05, 0) is 41.6 Å². The number of nitrogens with zero attached hydrogens (tertiary/aromatic N) is 1. The second-order valence-corrected chi connectivity index (χ2v) is 7.84. The maximum atomic E-state index is 13.4. The van der Waals surface area contributed by atoms with Crippen molar-refractivity contribution >= 4 is 27.3 Å². The molecule has 1 aromatic carbocycles. The summed E-state index contributed by atoms with van der Waals surface area (Å²) in [6, 6.07) is 4.72. The number of halogens is 1. The van der Waals surface area contributed by atoms with Crippen molar-refractivity contribution in [2.45, 2.75) is 17.9 Å². The van der Waals surface area contributed by atoms with E-state index in [0.29, 0.717) is 13.0 Å². The third-order valence-electron chi connectivity index (χ3n) is 3.58. The average molecular weight is 341 g/mol. The number of fused-ring (bicyclic) bond motifs is 1. The van der Waals surface area contributed by atoms with Crippen LogP contribution in [0.4, 0.5) is 4.39 Å². The Morgan fingerprint density at radius 3 is 2.82 bits per heavy atom. The van der Waals surface area contributed by atoms with Crippen molar-refractivity contribution in [3.8, 4) is 0 Å². The Kier molecular flexibility index (Phi) is 3.75. The van der Waals surface area contributed by atoms with Crippen LogP contribution in [0, 0.1) is 5.82 Å². The molecule has 0 amide bonds. The van der Waals surface area contributed by atoms with Crippen LogP contribution in [0.15, 0.2) is 34.5 Å². The number of benzene rings is 1. The van der Waals surface area contributed by atoms with Gasteiger partial charge in [-0.2, -0.15) is 4.31 Å². The Bertz CT molecular complexity index is 844. The van der Waals surface area contributed by atoms with Gasteiger partial charge in [0.2, 0.25) is 10.0 Å². The minimum absolute atomic E-state index is 0.204. The first-order valence-corrected chi connectivity index (χ1v) is 8.80. The van der Waals surface area contributed by atoms with Crippen molar-refractivity contribution in [2.75, 3.05) is 6.54 Å². The molecular weight excluding hydrogens is 329 g/mol. The van der Waals surface area contributed by atoms with E-state index in [1.807, 2.05) is 11.4 Å². The summed E-state index contributed by atoms with van der Waals surface area (Å²) in [7, 11) is -3.85. The van der Waals surface area contributed by atoms with E-state index in [-0.39, 0.29) is 11.4 Å². The average Bonchev–Trinajstić information content (AvgIpc) is 2.94. The summed E-state index contributed by atoms with van der Waals surface area (Å²) in [5.74, 6) is -2.45. The molecule has 1 aliphatic heterocycles. The molecule has 3 rings (SSSR count). The lowest BCUT2D eigenvalue weighted by Gasteiger charge is -2.26. The van der Waals surface area contributed by atoms with E-state index in [2.05, 4.69) is 0 Å². The number of carboxylic acid groups (broad SMARTS) is 1. The molecule has 1 aliphatic rings. The first-order valence-electron chi connectivity index (χ1n) is 6.48. The van der Waals surface area contributed by atoms with Gasteiger partial charge in [0.1, 0.15) is 5.82 Å². The fourth-order valence-corrected chi connectivity index (χ4v) is 4.74. The predicted octanol–water partition coefficient (Wildman–Crippen LogP) is 2.33. The maximum absolute atomic E-state index is 13.4. The lowest BCUT2D eigenvalue weighted by atomic mass is 10.1. The molecule has 0 atom stereocenters. The largest absolute Gasteiger partial charge is 0.478 e. The summed E-state index contributed by atoms with van der Waals surface area (Å²) in [6.07, 6.45) is 0.624. The fourth-order valence-electron chi connectivity index (χ4n) is 2.41. The standard InChI is InChI=1S/C14H12FNO4S2/c15-12-2-1-10(7-11(12)14(17)18)22(19,20)16-5-3-13-9(8-16)4-6-21-13/h1-2,4,6-7H,3,5,8H2,(H,17,18). The van der Waals surface area contributed by atoms with Gasteiger partial charge in [0.05, 0.1) is 10.5 Å². The highest BCUT2D eigenvalue weighted by Gasteiger charge is 2.29. The number of hydrogen-bond donors (Lipinski definition) is 1. The zero-order valence-corrected chi connectivity index (χ0v) is 13.0. The van der Waals surface area contributed by atoms with E-state index in [9.17, 15) is 17.6 Å². The van der Waals surface area contributed by atoms with E-state index >= 15 is 0 Å². The van der Waals surface area contributed by atoms with Gasteiger partial charge in [0.15, 0.2) is 0 Å². The lowest BCUT2D eigenvalue weighted by molar-refractivity contribution is 0.0691. The molecule has 0 saturated heterocycles. The number of rotatable bonds is 3. The molecule has 1 aromatic heterocycles. The monoisotopic (exact) mass is 341 g/mol. The minimum Gasteiger partial charge on any atom is -0.478 e. The van der Waals surface area contributed by atoms with Crippen LogP contribution in [0.2, 0.25) is 0 Å². The van der Waals surface area contributed by atoms with Crippen LogP contribution in [-0.2, 0) is 23.0 Å². The normalized spacial score (nSPS) is 15.5. The number of thiophene rings is 1. The van der Waals surface area contributed by atoms with Gasteiger partial charge < -0.3 is 5.11 Å². The molecule has 116 valence electrons. The molecule has 5 nitrogen and oxygen atoms in total. The summed E-state index contributed by atoms with van der Waals surface area (Å²) in [5, 5.41) is 10.8. The molecule has 0 saturated carbocycles. The SMILES string of the molecule is O=C(O)c1cc(S(=O)(=O)N2CCc3sccc3C2)ccc1F. The molecule has 0 unspecified atom stereocenters. The summed E-state index contributed by atoms with van der Waals surface area (Å²) < 4.78 is 39.9. The van der Waals surface area contributed by atoms with Gasteiger partial charge in [-0.1, -0.05) is 0 Å². The number of carbonyl (C=O) groups is 1. The van der Waals surface area contributed by atoms with Gasteiger partial charge in [-0.15, -0.1) is 11.3 Å². The fraction of sp³-hybridized carbons (Fsp3) is 0.214. The summed E-state index contributed by atoms with van der Waals surface area (Å²) in [5.41, 5.74) is 0.315. The van der Waals surface area contributed by atoms with E-state index < -0.39 is 27.4 Å². The molecule has 2 aromatic rings. The molecule has 0 spiro atoms. The molecule has 0 fully saturated rings. The molecule has 0 aliphatic carbocycles. The third kappa shape index (κ3) is 2.53. The molecule has 2 heterocycles. The zero-order chi connectivity index (χ0) is 15.9. The van der Waals surface area contributed by atoms with Crippen LogP contribution in [0.3, 0.4) is 0 Å². The molecule has 0 bridgehead atoms. The highest BCUT2D eigenvalue weighted by Crippen LogP contribution is 2.28. The second kappa shape index (κ2) is 5.45. The van der Waals surface area contributed by atoms with Crippen molar-refractivity contribution in [3.05, 3.63) is 51.5 Å². The Morgan fingerprint density at radius 1 is 1.32 bits per heavy atom. The molecule has 0 radical (unpaired) electrons. The highest BCUT2D eigenvalue weighted by atomic mass is 32.2. The van der Waals surface area contributed by atoms with E-state index in [1.165, 1.54) is 4.31 Å². The molecule has 22 heavy (non-hydrogen) atoms. The first kappa shape index (κ1) is 15.1. The predicted molar refractivity (Wildman–Crippen MR) is 79.0 cm³/mol. The van der Waals surface area contributed by atoms with Gasteiger partial charge >= 0.3 is 5.97 Å². The number of sulfonamides is 1. The van der Waals surface area contributed by atoms with Crippen molar-refractivity contribution in [2.24, 2.45) is 0 Å². The van der Waals surface area contributed by atoms with Gasteiger partial charge in [-0.25, -0.2) is 17.6 Å². The number of aromatic carboxylic acids is 1. The molecule has 1 N–H and O–H groups in total. The second-order valence-electron chi connectivity index (χ2n) is 4.90. The number of hydrogen-bond acceptors (Lipinski definition) is 4. The smallest absolute Gasteiger partial charge is 0.338 e. The zero-order valence-electron chi connectivity index (χ0n) is 11.3. The third-order valence-corrected chi connectivity index (χ3v) is 6.44. The maximum Gasteiger partial charge on any atom is 0.338 e. The van der Waals surface area contributed by atoms with Crippen LogP contribution in [0.1, 0.15) is 20.8 Å². The van der Waals surface area contributed by atoms with Crippen LogP contribution in [0.25, 0.3) is 0 Å². The summed E-state index contributed by atoms with van der Waals surface area (Å²) in [6.45, 7) is 0.580. The Labute approximate surface area is 130 Å². The minimum atomic E-state index is -3.85. The van der Waals surface area contributed by atoms with Crippen LogP contribution in [0.5, 0.6) is 0 Å². The van der Waals surface area contributed by atoms with E-state index in [0.717, 1.165) is 28.6 Å². The molecule has 8 heteroatoms. The van der Waals surface area contributed by atoms with Crippen LogP contribution < -0.4 is 0 Å². The Hall–Kier alpha value is -1.77. The van der Waals surface area contributed by atoms with Crippen molar-refractivity contribution in [1.29, 1.82) is 0 Å². The number of carboxylic acids is 1. The topological polar surface area (TPSA) is 74.7 Å². The van der Waals surface area contributed by atoms with Crippen molar-refractivity contribution in [3.63, 3.8) is 0 Å². The van der Waals surface area contributed by atoms with E-state index in [4.69, 9.17) is 5.11 Å². The van der Waals surface area contributed by atoms with Gasteiger partial charge in [-0.3, -0.25) is 0 Å². The van der Waals surface area contributed by atoms with Crippen LogP contribution >= 0.6 is 11.3 Å². The van der Waals surface area contributed by atoms with Crippen molar-refractivity contribution in [1.82, 2.24) is 4.31 Å². The summed E-state index contributed by atoms with van der Waals surface area (Å²) in [4.78, 5) is 11.9. The Morgan fingerprint density at radius 2 is 2.09 bits per heavy atom. The van der Waals surface area contributed by atoms with Gasteiger partial charge in [0, 0.05) is 18.0 Å². The van der Waals surface area contributed by atoms with Crippen molar-refractivity contribution < 1.29 is 22.7 Å². The highest BCUT2D eigenvalue weighted by molar-refractivity contribution is 7.89. The first-order chi connectivity index (χ1) is 10.4. The van der Waals surface area contributed by atoms with Gasteiger partial charge in [0.25, 0.3) is 0 Å². The van der Waals surface area contributed by atoms with E-state index in [1.54, 1.807) is 11.3 Å². The lowest BCUT2D eigenvalue weighted by Crippen LogP contribution is -2.35. The quantitative estimate of drug-likeness (QED) is 0.930.